The molecule has 1 atom stereocenters. The lowest BCUT2D eigenvalue weighted by atomic mass is 9.95. The Labute approximate surface area is 127 Å². The van der Waals surface area contributed by atoms with Crippen LogP contribution in [0, 0.1) is 19.3 Å². The van der Waals surface area contributed by atoms with Crippen LogP contribution in [0.25, 0.3) is 0 Å². The number of aromatic amines is 1. The number of aliphatic carboxylic acids is 1. The summed E-state index contributed by atoms with van der Waals surface area (Å²) in [5.41, 5.74) is 3.19. The summed E-state index contributed by atoms with van der Waals surface area (Å²) in [6, 6.07) is -0.600. The van der Waals surface area contributed by atoms with Crippen LogP contribution in [0.3, 0.4) is 0 Å². The highest BCUT2D eigenvalue weighted by Crippen LogP contribution is 2.16. The number of nitrogens with one attached hydrogen (secondary N) is 1. The van der Waals surface area contributed by atoms with Gasteiger partial charge in [0.15, 0.2) is 0 Å². The number of allylic oxidation sites excluding steroid dienone is 1. The quantitative estimate of drug-likeness (QED) is 0.791. The van der Waals surface area contributed by atoms with Crippen LogP contribution in [0.1, 0.15) is 37.7 Å². The third kappa shape index (κ3) is 5.34. The van der Waals surface area contributed by atoms with E-state index in [0.29, 0.717) is 6.54 Å². The molecule has 0 saturated carbocycles. The van der Waals surface area contributed by atoms with Crippen LogP contribution in [-0.4, -0.2) is 45.8 Å². The summed E-state index contributed by atoms with van der Waals surface area (Å²) in [7, 11) is 1.84. The molecule has 1 unspecified atom stereocenters. The first-order valence-electron chi connectivity index (χ1n) is 7.24. The van der Waals surface area contributed by atoms with E-state index < -0.39 is 12.0 Å². The van der Waals surface area contributed by atoms with Crippen LogP contribution in [0.5, 0.6) is 0 Å². The van der Waals surface area contributed by atoms with Crippen LogP contribution < -0.4 is 0 Å². The summed E-state index contributed by atoms with van der Waals surface area (Å²) < 4.78 is 0. The smallest absolute Gasteiger partial charge is 0.324 e. The minimum absolute atomic E-state index is 0.0216. The molecule has 1 aromatic heterocycles. The fourth-order valence-electron chi connectivity index (χ4n) is 2.17. The number of aryl methyl sites for hydroxylation is 2. The Kier molecular flexibility index (Phi) is 5.72. The van der Waals surface area contributed by atoms with E-state index in [0.717, 1.165) is 17.8 Å². The van der Waals surface area contributed by atoms with Gasteiger partial charge in [0, 0.05) is 12.2 Å². The van der Waals surface area contributed by atoms with Crippen molar-refractivity contribution in [1.29, 1.82) is 0 Å². The summed E-state index contributed by atoms with van der Waals surface area (Å²) >= 11 is 0. The second kappa shape index (κ2) is 6.89. The van der Waals surface area contributed by atoms with Crippen LogP contribution in [0.4, 0.5) is 0 Å². The number of hydrogen-bond acceptors (Lipinski definition) is 3. The Balaban J connectivity index is 2.72. The number of H-pyrrole nitrogens is 1. The zero-order chi connectivity index (χ0) is 16.2. The van der Waals surface area contributed by atoms with Gasteiger partial charge in [0.05, 0.1) is 5.69 Å². The standard InChI is InChI=1S/C16H27N3O2/c1-11-13(12(2)18-17-11)8-10-19(6)14(15(20)21)7-9-16(3,4)5/h7,9,14H,8,10H2,1-6H3,(H,17,18)(H,20,21)/b9-7+. The number of nitrogens with zero attached hydrogens (tertiary/aromatic N) is 2. The van der Waals surface area contributed by atoms with Gasteiger partial charge in [-0.15, -0.1) is 0 Å². The Morgan fingerprint density at radius 2 is 2.05 bits per heavy atom. The van der Waals surface area contributed by atoms with Crippen molar-refractivity contribution in [1.82, 2.24) is 15.1 Å². The van der Waals surface area contributed by atoms with Gasteiger partial charge in [0.2, 0.25) is 0 Å². The summed E-state index contributed by atoms with van der Waals surface area (Å²) in [6.45, 7) is 10.8. The number of carboxylic acid groups (broad SMARTS) is 1. The maximum atomic E-state index is 11.4. The number of carboxylic acids is 1. The fraction of sp³-hybridized carbons (Fsp3) is 0.625. The summed E-state index contributed by atoms with van der Waals surface area (Å²) in [5, 5.41) is 16.5. The molecular formula is C16H27N3O2. The first-order chi connectivity index (χ1) is 9.61. The number of carbonyl (C=O) groups is 1. The molecule has 5 nitrogen and oxygen atoms in total. The maximum absolute atomic E-state index is 11.4. The highest BCUT2D eigenvalue weighted by molar-refractivity contribution is 5.75. The highest BCUT2D eigenvalue weighted by Gasteiger charge is 2.21. The molecule has 0 aliphatic carbocycles. The van der Waals surface area contributed by atoms with E-state index in [2.05, 4.69) is 31.0 Å². The van der Waals surface area contributed by atoms with Crippen molar-refractivity contribution in [3.8, 4) is 0 Å². The molecule has 0 saturated heterocycles. The average molecular weight is 293 g/mol. The van der Waals surface area contributed by atoms with Crippen LogP contribution in [0.2, 0.25) is 0 Å². The fourth-order valence-corrected chi connectivity index (χ4v) is 2.17. The molecule has 0 aromatic carbocycles. The van der Waals surface area contributed by atoms with Crippen LogP contribution >= 0.6 is 0 Å². The minimum Gasteiger partial charge on any atom is -0.480 e. The van der Waals surface area contributed by atoms with Gasteiger partial charge in [-0.2, -0.15) is 5.10 Å². The van der Waals surface area contributed by atoms with E-state index in [1.54, 1.807) is 6.08 Å². The highest BCUT2D eigenvalue weighted by atomic mass is 16.4. The molecule has 0 amide bonds. The molecule has 0 aliphatic rings. The molecule has 0 spiro atoms. The molecule has 5 heteroatoms. The molecule has 0 fully saturated rings. The van der Waals surface area contributed by atoms with Gasteiger partial charge in [-0.1, -0.05) is 32.9 Å². The van der Waals surface area contributed by atoms with E-state index in [-0.39, 0.29) is 5.41 Å². The minimum atomic E-state index is -0.821. The molecule has 1 aromatic rings. The number of likely N-dealkylation sites (N-methyl/N-ethyl adjacent to an activating group) is 1. The van der Waals surface area contributed by atoms with Crippen molar-refractivity contribution in [3.63, 3.8) is 0 Å². The normalized spacial score (nSPS) is 14.0. The lowest BCUT2D eigenvalue weighted by Crippen LogP contribution is -2.38. The average Bonchev–Trinajstić information content (AvgIpc) is 2.65. The zero-order valence-corrected chi connectivity index (χ0v) is 13.9. The SMILES string of the molecule is Cc1n[nH]c(C)c1CCN(C)C(/C=C/C(C)(C)C)C(=O)O. The van der Waals surface area contributed by atoms with Crippen molar-refractivity contribution in [3.05, 3.63) is 29.1 Å². The zero-order valence-electron chi connectivity index (χ0n) is 13.9. The van der Waals surface area contributed by atoms with Crippen molar-refractivity contribution < 1.29 is 9.90 Å². The van der Waals surface area contributed by atoms with Gasteiger partial charge < -0.3 is 5.11 Å². The Morgan fingerprint density at radius 1 is 1.43 bits per heavy atom. The van der Waals surface area contributed by atoms with Crippen molar-refractivity contribution in [2.24, 2.45) is 5.41 Å². The van der Waals surface area contributed by atoms with Gasteiger partial charge in [0.25, 0.3) is 0 Å². The lowest BCUT2D eigenvalue weighted by Gasteiger charge is -2.23. The largest absolute Gasteiger partial charge is 0.480 e. The number of aromatic nitrogens is 2. The predicted octanol–water partition coefficient (Wildman–Crippen LogP) is 2.56. The third-order valence-electron chi connectivity index (χ3n) is 3.50. The molecule has 118 valence electrons. The third-order valence-corrected chi connectivity index (χ3v) is 3.50. The summed E-state index contributed by atoms with van der Waals surface area (Å²) in [6.07, 6.45) is 4.52. The van der Waals surface area contributed by atoms with Gasteiger partial charge in [-0.3, -0.25) is 14.8 Å². The van der Waals surface area contributed by atoms with Crippen molar-refractivity contribution in [2.75, 3.05) is 13.6 Å². The van der Waals surface area contributed by atoms with Crippen LogP contribution in [0.15, 0.2) is 12.2 Å². The molecule has 0 radical (unpaired) electrons. The Bertz CT molecular complexity index is 493. The first kappa shape index (κ1) is 17.4. The second-order valence-electron chi connectivity index (χ2n) is 6.65. The van der Waals surface area contributed by atoms with Crippen molar-refractivity contribution >= 4 is 5.97 Å². The van der Waals surface area contributed by atoms with Crippen LogP contribution in [-0.2, 0) is 11.2 Å². The Morgan fingerprint density at radius 3 is 2.48 bits per heavy atom. The van der Waals surface area contributed by atoms with Crippen molar-refractivity contribution in [2.45, 2.75) is 47.1 Å². The molecule has 0 bridgehead atoms. The van der Waals surface area contributed by atoms with E-state index >= 15 is 0 Å². The molecule has 2 N–H and O–H groups in total. The maximum Gasteiger partial charge on any atom is 0.324 e. The number of rotatable bonds is 6. The number of hydrogen-bond donors (Lipinski definition) is 2. The Hall–Kier alpha value is -1.62. The summed E-state index contributed by atoms with van der Waals surface area (Å²) in [5.74, 6) is -0.821. The lowest BCUT2D eigenvalue weighted by molar-refractivity contribution is -0.140. The van der Waals surface area contributed by atoms with Gasteiger partial charge in [-0.25, -0.2) is 0 Å². The second-order valence-corrected chi connectivity index (χ2v) is 6.65. The predicted molar refractivity (Wildman–Crippen MR) is 84.4 cm³/mol. The molecular weight excluding hydrogens is 266 g/mol. The van der Waals surface area contributed by atoms with E-state index in [9.17, 15) is 9.90 Å². The van der Waals surface area contributed by atoms with Gasteiger partial charge >= 0.3 is 5.97 Å². The molecule has 21 heavy (non-hydrogen) atoms. The molecule has 1 heterocycles. The molecule has 1 rings (SSSR count). The van der Waals surface area contributed by atoms with Gasteiger partial charge in [0.1, 0.15) is 6.04 Å². The first-order valence-corrected chi connectivity index (χ1v) is 7.24. The topological polar surface area (TPSA) is 69.2 Å². The van der Waals surface area contributed by atoms with E-state index in [4.69, 9.17) is 0 Å². The summed E-state index contributed by atoms with van der Waals surface area (Å²) in [4.78, 5) is 13.3. The van der Waals surface area contributed by atoms with E-state index in [1.807, 2.05) is 31.9 Å². The molecule has 0 aliphatic heterocycles. The van der Waals surface area contributed by atoms with E-state index in [1.165, 1.54) is 5.56 Å². The van der Waals surface area contributed by atoms with Gasteiger partial charge in [-0.05, 0) is 38.3 Å². The monoisotopic (exact) mass is 293 g/mol.